The smallest absolute Gasteiger partial charge is 0.293 e. The topological polar surface area (TPSA) is 110 Å². The Hall–Kier alpha value is -4.53. The van der Waals surface area contributed by atoms with Crippen LogP contribution in [0.15, 0.2) is 59.7 Å². The van der Waals surface area contributed by atoms with Gasteiger partial charge in [-0.1, -0.05) is 11.8 Å². The van der Waals surface area contributed by atoms with Crippen molar-refractivity contribution in [2.24, 2.45) is 0 Å². The number of aromatic amines is 1. The van der Waals surface area contributed by atoms with Gasteiger partial charge in [0.25, 0.3) is 11.5 Å². The summed E-state index contributed by atoms with van der Waals surface area (Å²) in [5, 5.41) is 15.8. The predicted octanol–water partition coefficient (Wildman–Crippen LogP) is 2.32. The van der Waals surface area contributed by atoms with Gasteiger partial charge in [0.1, 0.15) is 5.69 Å². The number of aromatic nitrogens is 2. The Morgan fingerprint density at radius 1 is 1.00 bits per heavy atom. The fourth-order valence-electron chi connectivity index (χ4n) is 3.76. The highest BCUT2D eigenvalue weighted by molar-refractivity contribution is 5.94. The molecule has 1 fully saturated rings. The van der Waals surface area contributed by atoms with Crippen molar-refractivity contribution in [1.29, 1.82) is 0 Å². The number of hydrogen-bond donors (Lipinski definition) is 4. The van der Waals surface area contributed by atoms with Gasteiger partial charge in [0, 0.05) is 35.5 Å². The van der Waals surface area contributed by atoms with E-state index in [0.717, 1.165) is 36.4 Å². The molecule has 0 aliphatic carbocycles. The van der Waals surface area contributed by atoms with Gasteiger partial charge in [0.2, 0.25) is 5.75 Å². The standard InChI is InChI=1S/C28H27N5O3/c34-26-25(31-20-32-28(26)36)19-30-24-13-9-22(10-14-24)6-2-1-5-21-7-11-23(12-8-21)27(35)29-15-18-33-16-3-4-17-33/h7-14,20,30,34H,3-4,15-19H2,(H,29,35)(H,31,32,36). The van der Waals surface area contributed by atoms with Crippen LogP contribution in [-0.4, -0.2) is 52.1 Å². The normalized spacial score (nSPS) is 12.7. The number of likely N-dealkylation sites (tertiary alicyclic amines) is 1. The fourth-order valence-corrected chi connectivity index (χ4v) is 3.76. The zero-order valence-electron chi connectivity index (χ0n) is 19.8. The zero-order valence-corrected chi connectivity index (χ0v) is 19.8. The molecule has 0 radical (unpaired) electrons. The Balaban J connectivity index is 1.25. The number of carbonyl (C=O) groups excluding carboxylic acids is 1. The fraction of sp³-hybridized carbons (Fsp3) is 0.250. The molecule has 1 aliphatic rings. The van der Waals surface area contributed by atoms with Crippen LogP contribution in [0.1, 0.15) is 40.0 Å². The van der Waals surface area contributed by atoms with E-state index in [-0.39, 0.29) is 18.1 Å². The van der Waals surface area contributed by atoms with Crippen LogP contribution < -0.4 is 16.2 Å². The summed E-state index contributed by atoms with van der Waals surface area (Å²) < 4.78 is 0. The molecule has 4 rings (SSSR count). The highest BCUT2D eigenvalue weighted by Crippen LogP contribution is 2.13. The van der Waals surface area contributed by atoms with Crippen molar-refractivity contribution in [3.8, 4) is 29.4 Å². The van der Waals surface area contributed by atoms with Crippen molar-refractivity contribution in [2.45, 2.75) is 19.4 Å². The summed E-state index contributed by atoms with van der Waals surface area (Å²) in [7, 11) is 0. The SMILES string of the molecule is O=C(NCCN1CCCC1)c1ccc(C#CC#Cc2ccc(NCc3nc[nH]c(=O)c3O)cc2)cc1. The molecule has 36 heavy (non-hydrogen) atoms. The van der Waals surface area contributed by atoms with Crippen molar-refractivity contribution in [3.05, 3.63) is 87.6 Å². The molecule has 0 atom stereocenters. The van der Waals surface area contributed by atoms with Crippen molar-refractivity contribution in [1.82, 2.24) is 20.2 Å². The molecule has 1 amide bonds. The van der Waals surface area contributed by atoms with Crippen molar-refractivity contribution >= 4 is 11.6 Å². The largest absolute Gasteiger partial charge is 0.502 e. The molecular formula is C28H27N5O3. The molecule has 1 saturated heterocycles. The maximum absolute atomic E-state index is 12.3. The Bertz CT molecular complexity index is 1370. The molecule has 182 valence electrons. The molecule has 8 nitrogen and oxygen atoms in total. The van der Waals surface area contributed by atoms with Gasteiger partial charge in [0.15, 0.2) is 0 Å². The van der Waals surface area contributed by atoms with E-state index in [1.807, 2.05) is 36.4 Å². The third-order valence-corrected chi connectivity index (χ3v) is 5.78. The molecule has 8 heteroatoms. The number of aromatic hydroxyl groups is 1. The zero-order chi connectivity index (χ0) is 25.2. The molecule has 2 aromatic carbocycles. The van der Waals surface area contributed by atoms with Crippen molar-refractivity contribution < 1.29 is 9.90 Å². The minimum atomic E-state index is -0.571. The number of nitrogens with zero attached hydrogens (tertiary/aromatic N) is 2. The second-order valence-corrected chi connectivity index (χ2v) is 8.34. The van der Waals surface area contributed by atoms with E-state index in [0.29, 0.717) is 12.1 Å². The lowest BCUT2D eigenvalue weighted by molar-refractivity contribution is 0.0949. The lowest BCUT2D eigenvalue weighted by atomic mass is 10.1. The summed E-state index contributed by atoms with van der Waals surface area (Å²) in [5.74, 6) is 11.2. The van der Waals surface area contributed by atoms with E-state index in [9.17, 15) is 14.7 Å². The van der Waals surface area contributed by atoms with Crippen LogP contribution >= 0.6 is 0 Å². The second kappa shape index (κ2) is 12.3. The maximum Gasteiger partial charge on any atom is 0.293 e. The summed E-state index contributed by atoms with van der Waals surface area (Å²) in [5.41, 5.74) is 2.70. The van der Waals surface area contributed by atoms with Gasteiger partial charge < -0.3 is 25.6 Å². The van der Waals surface area contributed by atoms with Crippen LogP contribution in [0.2, 0.25) is 0 Å². The third-order valence-electron chi connectivity index (χ3n) is 5.78. The Kier molecular flexibility index (Phi) is 8.37. The Morgan fingerprint density at radius 3 is 2.31 bits per heavy atom. The molecule has 4 N–H and O–H groups in total. The van der Waals surface area contributed by atoms with Gasteiger partial charge in [0.05, 0.1) is 12.9 Å². The van der Waals surface area contributed by atoms with Crippen LogP contribution in [0.4, 0.5) is 5.69 Å². The summed E-state index contributed by atoms with van der Waals surface area (Å²) in [6.45, 7) is 4.01. The van der Waals surface area contributed by atoms with Gasteiger partial charge in [-0.2, -0.15) is 0 Å². The lowest BCUT2D eigenvalue weighted by Gasteiger charge is -2.14. The number of benzene rings is 2. The summed E-state index contributed by atoms with van der Waals surface area (Å²) in [4.78, 5) is 32.3. The van der Waals surface area contributed by atoms with E-state index in [1.165, 1.54) is 19.2 Å². The van der Waals surface area contributed by atoms with Crippen LogP contribution in [-0.2, 0) is 6.54 Å². The number of carbonyl (C=O) groups is 1. The summed E-state index contributed by atoms with van der Waals surface area (Å²) >= 11 is 0. The highest BCUT2D eigenvalue weighted by Gasteiger charge is 2.11. The van der Waals surface area contributed by atoms with Gasteiger partial charge in [-0.3, -0.25) is 9.59 Å². The number of H-pyrrole nitrogens is 1. The number of anilines is 1. The Morgan fingerprint density at radius 2 is 1.64 bits per heavy atom. The monoisotopic (exact) mass is 481 g/mol. The molecule has 0 saturated carbocycles. The van der Waals surface area contributed by atoms with Crippen molar-refractivity contribution in [3.63, 3.8) is 0 Å². The van der Waals surface area contributed by atoms with E-state index in [1.54, 1.807) is 12.1 Å². The molecule has 2 heterocycles. The Labute approximate surface area is 209 Å². The number of nitrogens with one attached hydrogen (secondary N) is 3. The predicted molar refractivity (Wildman–Crippen MR) is 138 cm³/mol. The minimum absolute atomic E-state index is 0.0723. The number of hydrogen-bond acceptors (Lipinski definition) is 6. The minimum Gasteiger partial charge on any atom is -0.502 e. The van der Waals surface area contributed by atoms with Gasteiger partial charge in [-0.05, 0) is 86.3 Å². The van der Waals surface area contributed by atoms with E-state index in [4.69, 9.17) is 0 Å². The van der Waals surface area contributed by atoms with Crippen LogP contribution in [0, 0.1) is 23.7 Å². The first-order chi connectivity index (χ1) is 17.6. The maximum atomic E-state index is 12.3. The molecular weight excluding hydrogens is 454 g/mol. The molecule has 0 spiro atoms. The first kappa shape index (κ1) is 24.6. The average Bonchev–Trinajstić information content (AvgIpc) is 3.42. The van der Waals surface area contributed by atoms with Crippen LogP contribution in [0.3, 0.4) is 0 Å². The summed E-state index contributed by atoms with van der Waals surface area (Å²) in [6.07, 6.45) is 3.74. The average molecular weight is 482 g/mol. The second-order valence-electron chi connectivity index (χ2n) is 8.34. The van der Waals surface area contributed by atoms with Gasteiger partial charge in [-0.25, -0.2) is 4.98 Å². The quantitative estimate of drug-likeness (QED) is 0.386. The first-order valence-electron chi connectivity index (χ1n) is 11.8. The van der Waals surface area contributed by atoms with Gasteiger partial charge >= 0.3 is 0 Å². The number of amides is 1. The molecule has 0 bridgehead atoms. The van der Waals surface area contributed by atoms with Crippen LogP contribution in [0.5, 0.6) is 5.75 Å². The van der Waals surface area contributed by atoms with Gasteiger partial charge in [-0.15, -0.1) is 0 Å². The molecule has 0 unspecified atom stereocenters. The first-order valence-corrected chi connectivity index (χ1v) is 11.8. The number of rotatable bonds is 7. The van der Waals surface area contributed by atoms with E-state index in [2.05, 4.69) is 49.2 Å². The third kappa shape index (κ3) is 6.99. The molecule has 1 aliphatic heterocycles. The lowest BCUT2D eigenvalue weighted by Crippen LogP contribution is -2.33. The van der Waals surface area contributed by atoms with E-state index >= 15 is 0 Å². The molecule has 3 aromatic rings. The summed E-state index contributed by atoms with van der Waals surface area (Å²) in [6, 6.07) is 14.6. The van der Waals surface area contributed by atoms with Crippen molar-refractivity contribution in [2.75, 3.05) is 31.5 Å². The van der Waals surface area contributed by atoms with Crippen LogP contribution in [0.25, 0.3) is 0 Å². The highest BCUT2D eigenvalue weighted by atomic mass is 16.3. The molecule has 1 aromatic heterocycles. The van der Waals surface area contributed by atoms with E-state index < -0.39 is 11.3 Å².